The quantitative estimate of drug-likeness (QED) is 0.204. The van der Waals surface area contributed by atoms with E-state index < -0.39 is 0 Å². The van der Waals surface area contributed by atoms with E-state index in [1.165, 1.54) is 4.90 Å². The molecule has 4 nitrogen and oxygen atoms in total. The predicted molar refractivity (Wildman–Crippen MR) is 89.3 cm³/mol. The van der Waals surface area contributed by atoms with Crippen LogP contribution in [0.15, 0.2) is 63.1 Å². The summed E-state index contributed by atoms with van der Waals surface area (Å²) in [4.78, 5) is 1.20. The zero-order chi connectivity index (χ0) is 15.1. The van der Waals surface area contributed by atoms with Crippen LogP contribution in [0.2, 0.25) is 0 Å². The third-order valence-electron chi connectivity index (χ3n) is 2.67. The van der Waals surface area contributed by atoms with E-state index in [9.17, 15) is 0 Å². The molecule has 0 spiro atoms. The third kappa shape index (κ3) is 4.99. The second-order valence-electron chi connectivity index (χ2n) is 4.16. The van der Waals surface area contributed by atoms with Crippen LogP contribution >= 0.6 is 27.7 Å². The van der Waals surface area contributed by atoms with Crippen LogP contribution in [-0.2, 0) is 0 Å². The Hall–Kier alpha value is -1.66. The molecule has 21 heavy (non-hydrogen) atoms. The van der Waals surface area contributed by atoms with Gasteiger partial charge in [-0.05, 0) is 42.5 Å². The van der Waals surface area contributed by atoms with Crippen LogP contribution in [0.25, 0.3) is 0 Å². The first-order chi connectivity index (χ1) is 10.2. The number of thioether (sulfide) groups is 1. The molecule has 0 aliphatic rings. The number of oxime groups is 1. The minimum absolute atomic E-state index is 0.0896. The van der Waals surface area contributed by atoms with E-state index in [0.717, 1.165) is 16.0 Å². The first kappa shape index (κ1) is 15.7. The Bertz CT molecular complexity index is 617. The Balaban J connectivity index is 1.78. The number of ether oxygens (including phenoxy) is 1. The molecule has 2 rings (SSSR count). The summed E-state index contributed by atoms with van der Waals surface area (Å²) in [6, 6.07) is 15.3. The summed E-state index contributed by atoms with van der Waals surface area (Å²) in [6.07, 6.45) is 0. The standard InChI is InChI=1S/C15H15BrN2O2S/c16-12-2-1-3-14(10-12)21-9-8-20-13-6-4-11(5-7-13)15(17)18-19/h1-7,10,19H,8-9H2,(H2,17,18). The fourth-order valence-electron chi connectivity index (χ4n) is 1.66. The highest BCUT2D eigenvalue weighted by Gasteiger charge is 2.00. The Labute approximate surface area is 136 Å². The van der Waals surface area contributed by atoms with E-state index in [2.05, 4.69) is 33.2 Å². The topological polar surface area (TPSA) is 67.8 Å². The van der Waals surface area contributed by atoms with E-state index in [0.29, 0.717) is 12.2 Å². The first-order valence-electron chi connectivity index (χ1n) is 6.28. The van der Waals surface area contributed by atoms with Gasteiger partial charge in [-0.1, -0.05) is 27.2 Å². The molecule has 6 heteroatoms. The van der Waals surface area contributed by atoms with Crippen molar-refractivity contribution in [1.29, 1.82) is 0 Å². The molecular formula is C15H15BrN2O2S. The van der Waals surface area contributed by atoms with E-state index >= 15 is 0 Å². The van der Waals surface area contributed by atoms with E-state index in [1.54, 1.807) is 36.0 Å². The lowest BCUT2D eigenvalue weighted by Gasteiger charge is -2.07. The molecule has 110 valence electrons. The molecule has 0 saturated carbocycles. The number of benzene rings is 2. The van der Waals surface area contributed by atoms with Gasteiger partial charge in [-0.25, -0.2) is 0 Å². The number of nitrogens with two attached hydrogens (primary N) is 1. The van der Waals surface area contributed by atoms with Crippen LogP contribution in [-0.4, -0.2) is 23.4 Å². The summed E-state index contributed by atoms with van der Waals surface area (Å²) in [5, 5.41) is 11.5. The Morgan fingerprint density at radius 3 is 2.67 bits per heavy atom. The highest BCUT2D eigenvalue weighted by Crippen LogP contribution is 2.22. The number of nitrogens with zero attached hydrogens (tertiary/aromatic N) is 1. The molecule has 0 bridgehead atoms. The molecule has 0 heterocycles. The number of hydrogen-bond donors (Lipinski definition) is 2. The fraction of sp³-hybridized carbons (Fsp3) is 0.133. The van der Waals surface area contributed by atoms with Gasteiger partial charge in [-0.3, -0.25) is 0 Å². The van der Waals surface area contributed by atoms with Crippen molar-refractivity contribution in [3.8, 4) is 5.75 Å². The summed E-state index contributed by atoms with van der Waals surface area (Å²) in [5.74, 6) is 1.71. The second-order valence-corrected chi connectivity index (χ2v) is 6.25. The van der Waals surface area contributed by atoms with Crippen molar-refractivity contribution < 1.29 is 9.94 Å². The number of amidine groups is 1. The molecule has 2 aromatic carbocycles. The Kier molecular flexibility index (Phi) is 5.95. The third-order valence-corrected chi connectivity index (χ3v) is 4.13. The smallest absolute Gasteiger partial charge is 0.170 e. The van der Waals surface area contributed by atoms with Crippen LogP contribution in [0.5, 0.6) is 5.75 Å². The predicted octanol–water partition coefficient (Wildman–Crippen LogP) is 3.71. The molecule has 0 amide bonds. The summed E-state index contributed by atoms with van der Waals surface area (Å²) in [6.45, 7) is 0.611. The maximum atomic E-state index is 8.58. The maximum Gasteiger partial charge on any atom is 0.170 e. The summed E-state index contributed by atoms with van der Waals surface area (Å²) in [7, 11) is 0. The molecule has 0 aromatic heterocycles. The number of rotatable bonds is 6. The molecule has 3 N–H and O–H groups in total. The van der Waals surface area contributed by atoms with E-state index in [4.69, 9.17) is 15.7 Å². The Morgan fingerprint density at radius 2 is 2.00 bits per heavy atom. The number of halogens is 1. The van der Waals surface area contributed by atoms with Crippen molar-refractivity contribution in [2.75, 3.05) is 12.4 Å². The lowest BCUT2D eigenvalue weighted by Crippen LogP contribution is -2.12. The Morgan fingerprint density at radius 1 is 1.24 bits per heavy atom. The van der Waals surface area contributed by atoms with Crippen molar-refractivity contribution in [3.63, 3.8) is 0 Å². The number of hydrogen-bond acceptors (Lipinski definition) is 4. The maximum absolute atomic E-state index is 8.58. The molecule has 2 aromatic rings. The zero-order valence-corrected chi connectivity index (χ0v) is 13.6. The second kappa shape index (κ2) is 7.95. The van der Waals surface area contributed by atoms with Crippen LogP contribution in [0.4, 0.5) is 0 Å². The largest absolute Gasteiger partial charge is 0.493 e. The van der Waals surface area contributed by atoms with Gasteiger partial charge in [0.25, 0.3) is 0 Å². The highest BCUT2D eigenvalue weighted by atomic mass is 79.9. The van der Waals surface area contributed by atoms with Gasteiger partial charge in [0.15, 0.2) is 5.84 Å². The average Bonchev–Trinajstić information content (AvgIpc) is 2.51. The van der Waals surface area contributed by atoms with E-state index in [1.807, 2.05) is 12.1 Å². The summed E-state index contributed by atoms with van der Waals surface area (Å²) >= 11 is 5.19. The van der Waals surface area contributed by atoms with Gasteiger partial charge < -0.3 is 15.7 Å². The molecule has 0 atom stereocenters. The monoisotopic (exact) mass is 366 g/mol. The van der Waals surface area contributed by atoms with Gasteiger partial charge in [0.05, 0.1) is 6.61 Å². The molecule has 0 saturated heterocycles. The summed E-state index contributed by atoms with van der Waals surface area (Å²) < 4.78 is 6.73. The molecule has 0 fully saturated rings. The SMILES string of the molecule is NC(=NO)c1ccc(OCCSc2cccc(Br)c2)cc1. The minimum Gasteiger partial charge on any atom is -0.493 e. The normalized spacial score (nSPS) is 11.4. The van der Waals surface area contributed by atoms with Crippen molar-refractivity contribution in [2.24, 2.45) is 10.9 Å². The van der Waals surface area contributed by atoms with Crippen LogP contribution in [0.1, 0.15) is 5.56 Å². The fourth-order valence-corrected chi connectivity index (χ4v) is 2.99. The zero-order valence-electron chi connectivity index (χ0n) is 11.2. The molecule has 0 aliphatic carbocycles. The lowest BCUT2D eigenvalue weighted by atomic mass is 10.2. The van der Waals surface area contributed by atoms with Crippen LogP contribution in [0.3, 0.4) is 0 Å². The van der Waals surface area contributed by atoms with Crippen LogP contribution < -0.4 is 10.5 Å². The van der Waals surface area contributed by atoms with Gasteiger partial charge in [0.2, 0.25) is 0 Å². The van der Waals surface area contributed by atoms with Gasteiger partial charge >= 0.3 is 0 Å². The van der Waals surface area contributed by atoms with Crippen molar-refractivity contribution >= 4 is 33.5 Å². The highest BCUT2D eigenvalue weighted by molar-refractivity contribution is 9.10. The van der Waals surface area contributed by atoms with Crippen molar-refractivity contribution in [1.82, 2.24) is 0 Å². The van der Waals surface area contributed by atoms with E-state index in [-0.39, 0.29) is 5.84 Å². The van der Waals surface area contributed by atoms with Gasteiger partial charge in [0.1, 0.15) is 5.75 Å². The molecule has 0 aliphatic heterocycles. The molecular weight excluding hydrogens is 352 g/mol. The van der Waals surface area contributed by atoms with Gasteiger partial charge in [-0.15, -0.1) is 11.8 Å². The summed E-state index contributed by atoms with van der Waals surface area (Å²) in [5.41, 5.74) is 6.16. The van der Waals surface area contributed by atoms with Crippen molar-refractivity contribution in [2.45, 2.75) is 4.90 Å². The van der Waals surface area contributed by atoms with Gasteiger partial charge in [-0.2, -0.15) is 0 Å². The van der Waals surface area contributed by atoms with Crippen LogP contribution in [0, 0.1) is 0 Å². The molecule has 0 unspecified atom stereocenters. The first-order valence-corrected chi connectivity index (χ1v) is 8.06. The lowest BCUT2D eigenvalue weighted by molar-refractivity contribution is 0.318. The van der Waals surface area contributed by atoms with Crippen molar-refractivity contribution in [3.05, 3.63) is 58.6 Å². The molecule has 0 radical (unpaired) electrons. The average molecular weight is 367 g/mol. The minimum atomic E-state index is 0.0896. The van der Waals surface area contributed by atoms with Gasteiger partial charge in [0, 0.05) is 20.7 Å².